The molecule has 5 rings (SSSR count). The zero-order valence-electron chi connectivity index (χ0n) is 21.9. The van der Waals surface area contributed by atoms with E-state index in [2.05, 4.69) is 6.92 Å². The molecule has 0 saturated carbocycles. The van der Waals surface area contributed by atoms with Gasteiger partial charge in [-0.3, -0.25) is 14.5 Å². The Morgan fingerprint density at radius 2 is 2.05 bits per heavy atom. The third-order valence-corrected chi connectivity index (χ3v) is 9.32. The average Bonchev–Trinajstić information content (AvgIpc) is 3.50. The fourth-order valence-electron chi connectivity index (χ4n) is 6.45. The van der Waals surface area contributed by atoms with Gasteiger partial charge in [0, 0.05) is 4.88 Å². The van der Waals surface area contributed by atoms with Crippen LogP contribution in [0.2, 0.25) is 11.3 Å². The lowest BCUT2D eigenvalue weighted by Crippen LogP contribution is -2.46. The molecular weight excluding hydrogens is 537 g/mol. The summed E-state index contributed by atoms with van der Waals surface area (Å²) in [6.45, 7) is 2.14. The van der Waals surface area contributed by atoms with Crippen LogP contribution < -0.4 is 0 Å². The number of hydrogen-bond acceptors (Lipinski definition) is 7. The van der Waals surface area contributed by atoms with Crippen LogP contribution in [0.4, 0.5) is 0 Å². The summed E-state index contributed by atoms with van der Waals surface area (Å²) in [6.07, 6.45) is 5.13. The molecule has 3 heterocycles. The summed E-state index contributed by atoms with van der Waals surface area (Å²) in [4.78, 5) is 29.3. The van der Waals surface area contributed by atoms with Crippen molar-refractivity contribution in [2.45, 2.75) is 58.0 Å². The second kappa shape index (κ2) is 12.0. The molecule has 1 aromatic carbocycles. The van der Waals surface area contributed by atoms with E-state index in [0.717, 1.165) is 40.0 Å². The topological polar surface area (TPSA) is 107 Å². The van der Waals surface area contributed by atoms with E-state index in [9.17, 15) is 24.8 Å². The van der Waals surface area contributed by atoms with Crippen LogP contribution in [0.15, 0.2) is 52.4 Å². The average molecular weight is 570 g/mol. The minimum atomic E-state index is -1.05. The number of carbonyl (C=O) groups is 2. The second-order valence-corrected chi connectivity index (χ2v) is 12.1. The van der Waals surface area contributed by atoms with E-state index in [1.54, 1.807) is 12.1 Å². The summed E-state index contributed by atoms with van der Waals surface area (Å²) in [5.74, 6) is -1.71. The van der Waals surface area contributed by atoms with Gasteiger partial charge in [0.05, 0.1) is 36.1 Å². The maximum atomic E-state index is 13.6. The number of benzene rings is 1. The Hall–Kier alpha value is -2.43. The van der Waals surface area contributed by atoms with Crippen LogP contribution in [-0.2, 0) is 20.8 Å². The van der Waals surface area contributed by atoms with Crippen LogP contribution in [0, 0.1) is 17.8 Å². The molecule has 2 aliphatic heterocycles. The van der Waals surface area contributed by atoms with Crippen LogP contribution in [0.5, 0.6) is 5.75 Å². The van der Waals surface area contributed by atoms with Gasteiger partial charge in [-0.05, 0) is 84.3 Å². The molecule has 206 valence electrons. The molecule has 0 unspecified atom stereocenters. The molecule has 2 fully saturated rings. The maximum Gasteiger partial charge on any atom is 0.455 e. The van der Waals surface area contributed by atoms with Gasteiger partial charge in [0.1, 0.15) is 5.75 Å². The van der Waals surface area contributed by atoms with E-state index in [-0.39, 0.29) is 43.0 Å². The van der Waals surface area contributed by atoms with Crippen LogP contribution in [0.1, 0.15) is 49.5 Å². The van der Waals surface area contributed by atoms with E-state index in [0.29, 0.717) is 24.3 Å². The number of aromatic hydroxyl groups is 1. The summed E-state index contributed by atoms with van der Waals surface area (Å²) in [7, 11) is -1.05. The van der Waals surface area contributed by atoms with Crippen molar-refractivity contribution in [3.63, 3.8) is 0 Å². The predicted octanol–water partition coefficient (Wildman–Crippen LogP) is 5.06. The molecule has 0 spiro atoms. The Bertz CT molecular complexity index is 1290. The number of carbonyl (C=O) groups excluding carboxylic acids is 2. The smallest absolute Gasteiger partial charge is 0.455 e. The SMILES string of the molecule is CCC/C(=C\c1ccc(O)cc1Cl)CC[C@H]1OB(O)C[C@H]2C1=C(CO)C[C@H]1C(=O)N(Cc3cccs3)C(=O)[C@H]12. The van der Waals surface area contributed by atoms with Gasteiger partial charge in [-0.1, -0.05) is 42.7 Å². The minimum Gasteiger partial charge on any atom is -0.508 e. The molecule has 2 saturated heterocycles. The van der Waals surface area contributed by atoms with Gasteiger partial charge >= 0.3 is 7.12 Å². The summed E-state index contributed by atoms with van der Waals surface area (Å²) in [5, 5.41) is 33.1. The first-order valence-electron chi connectivity index (χ1n) is 13.5. The molecule has 2 amide bonds. The van der Waals surface area contributed by atoms with E-state index in [4.69, 9.17) is 16.3 Å². The van der Waals surface area contributed by atoms with Crippen molar-refractivity contribution in [1.82, 2.24) is 4.90 Å². The summed E-state index contributed by atoms with van der Waals surface area (Å²) in [5.41, 5.74) is 3.60. The molecule has 39 heavy (non-hydrogen) atoms. The number of hydrogen-bond donors (Lipinski definition) is 3. The number of allylic oxidation sites excluding steroid dienone is 1. The first kappa shape index (κ1) is 28.1. The molecular formula is C29H33BClNO6S. The highest BCUT2D eigenvalue weighted by atomic mass is 35.5. The van der Waals surface area contributed by atoms with Crippen LogP contribution in [0.25, 0.3) is 6.08 Å². The van der Waals surface area contributed by atoms with E-state index in [1.807, 2.05) is 23.6 Å². The van der Waals surface area contributed by atoms with Gasteiger partial charge in [0.2, 0.25) is 11.8 Å². The number of aliphatic hydroxyl groups excluding tert-OH is 1. The number of phenolic OH excluding ortho intramolecular Hbond substituents is 1. The van der Waals surface area contributed by atoms with Crippen LogP contribution in [0.3, 0.4) is 0 Å². The number of amides is 2. The third-order valence-electron chi connectivity index (χ3n) is 8.13. The number of phenols is 1. The number of likely N-dealkylation sites (tertiary alicyclic amines) is 1. The number of imide groups is 1. The van der Waals surface area contributed by atoms with Gasteiger partial charge in [0.25, 0.3) is 0 Å². The molecule has 2 aromatic rings. The fraction of sp³-hybridized carbons (Fsp3) is 0.448. The zero-order chi connectivity index (χ0) is 27.7. The Morgan fingerprint density at radius 1 is 1.23 bits per heavy atom. The van der Waals surface area contributed by atoms with Crippen molar-refractivity contribution < 1.29 is 29.5 Å². The summed E-state index contributed by atoms with van der Waals surface area (Å²) >= 11 is 7.85. The lowest BCUT2D eigenvalue weighted by Gasteiger charge is -2.43. The van der Waals surface area contributed by atoms with E-state index < -0.39 is 25.1 Å². The molecule has 10 heteroatoms. The molecule has 3 N–H and O–H groups in total. The largest absolute Gasteiger partial charge is 0.508 e. The number of nitrogens with zero attached hydrogens (tertiary/aromatic N) is 1. The van der Waals surface area contributed by atoms with Gasteiger partial charge in [0.15, 0.2) is 0 Å². The molecule has 1 aliphatic carbocycles. The van der Waals surface area contributed by atoms with Crippen molar-refractivity contribution in [3.8, 4) is 5.75 Å². The lowest BCUT2D eigenvalue weighted by atomic mass is 9.58. The monoisotopic (exact) mass is 569 g/mol. The highest BCUT2D eigenvalue weighted by molar-refractivity contribution is 7.09. The van der Waals surface area contributed by atoms with Crippen molar-refractivity contribution >= 4 is 47.9 Å². The zero-order valence-corrected chi connectivity index (χ0v) is 23.5. The Labute approximate surface area is 237 Å². The summed E-state index contributed by atoms with van der Waals surface area (Å²) in [6, 6.07) is 8.71. The normalized spacial score (nSPS) is 25.4. The molecule has 0 bridgehead atoms. The first-order chi connectivity index (χ1) is 18.8. The Kier molecular flexibility index (Phi) is 8.64. The maximum absolute atomic E-state index is 13.6. The number of halogens is 1. The molecule has 7 nitrogen and oxygen atoms in total. The minimum absolute atomic E-state index is 0.109. The second-order valence-electron chi connectivity index (χ2n) is 10.6. The number of aliphatic hydroxyl groups is 1. The fourth-order valence-corrected chi connectivity index (χ4v) is 7.37. The van der Waals surface area contributed by atoms with E-state index in [1.165, 1.54) is 22.3 Å². The van der Waals surface area contributed by atoms with E-state index >= 15 is 0 Å². The van der Waals surface area contributed by atoms with Crippen molar-refractivity contribution in [2.75, 3.05) is 6.61 Å². The Balaban J connectivity index is 1.40. The van der Waals surface area contributed by atoms with Gasteiger partial charge in [-0.2, -0.15) is 0 Å². The highest BCUT2D eigenvalue weighted by Crippen LogP contribution is 2.50. The van der Waals surface area contributed by atoms with Gasteiger partial charge in [-0.15, -0.1) is 11.3 Å². The van der Waals surface area contributed by atoms with Crippen LogP contribution >= 0.6 is 22.9 Å². The molecule has 4 atom stereocenters. The van der Waals surface area contributed by atoms with Crippen molar-refractivity contribution in [2.24, 2.45) is 17.8 Å². The highest BCUT2D eigenvalue weighted by Gasteiger charge is 2.57. The quantitative estimate of drug-likeness (QED) is 0.221. The molecule has 0 radical (unpaired) electrons. The predicted molar refractivity (Wildman–Crippen MR) is 152 cm³/mol. The molecule has 1 aromatic heterocycles. The molecule has 3 aliphatic rings. The summed E-state index contributed by atoms with van der Waals surface area (Å²) < 4.78 is 6.02. The van der Waals surface area contributed by atoms with Gasteiger partial charge in [-0.25, -0.2) is 0 Å². The van der Waals surface area contributed by atoms with Crippen molar-refractivity contribution in [3.05, 3.63) is 67.9 Å². The number of rotatable bonds is 9. The lowest BCUT2D eigenvalue weighted by molar-refractivity contribution is -0.140. The standard InChI is InChI=1S/C29H33BClNO6S/c1-2-4-17(11-18-7-8-20(34)13-24(18)31)6-9-25-26-19(16-33)12-22-27(23(26)14-30(37)38-25)29(36)32(28(22)35)15-21-5-3-10-39-21/h3,5,7-8,10-11,13,22-23,25,27,33-34,37H,2,4,6,9,12,14-16H2,1H3/b17-11+/t22-,23+,25-,27-/m1/s1. The third kappa shape index (κ3) is 5.74. The number of thiophene rings is 1. The van der Waals surface area contributed by atoms with Crippen molar-refractivity contribution in [1.29, 1.82) is 0 Å². The van der Waals surface area contributed by atoms with Crippen LogP contribution in [-0.4, -0.2) is 51.8 Å². The number of fused-ring (bicyclic) bond motifs is 3. The van der Waals surface area contributed by atoms with Gasteiger partial charge < -0.3 is 19.9 Å². The first-order valence-corrected chi connectivity index (χ1v) is 14.8. The Morgan fingerprint density at radius 3 is 2.74 bits per heavy atom.